The number of furan rings is 1. The molecule has 3 heterocycles. The molecule has 0 unspecified atom stereocenters. The van der Waals surface area contributed by atoms with Gasteiger partial charge in [0.2, 0.25) is 0 Å². The summed E-state index contributed by atoms with van der Waals surface area (Å²) in [7, 11) is 0. The van der Waals surface area contributed by atoms with Crippen LogP contribution in [0, 0.1) is 0 Å². The average Bonchev–Trinajstić information content (AvgIpc) is 3.04. The van der Waals surface area contributed by atoms with Crippen molar-refractivity contribution in [3.05, 3.63) is 54.6 Å². The lowest BCUT2D eigenvalue weighted by Crippen LogP contribution is -2.11. The number of hydrogen-bond acceptors (Lipinski definition) is 3. The second-order valence-electron chi connectivity index (χ2n) is 3.98. The molecular formula is C14H8ClNO3. The predicted octanol–water partition coefficient (Wildman–Crippen LogP) is 3.15. The van der Waals surface area contributed by atoms with E-state index in [4.69, 9.17) is 16.0 Å². The number of aromatic nitrogens is 1. The third kappa shape index (κ3) is 1.86. The highest BCUT2D eigenvalue weighted by molar-refractivity contribution is 6.83. The molecule has 19 heavy (non-hydrogen) atoms. The van der Waals surface area contributed by atoms with Crippen LogP contribution in [0.2, 0.25) is 0 Å². The highest BCUT2D eigenvalue weighted by Crippen LogP contribution is 2.28. The summed E-state index contributed by atoms with van der Waals surface area (Å²) in [5, 5.41) is -1.02. The van der Waals surface area contributed by atoms with E-state index in [1.807, 2.05) is 12.1 Å². The highest BCUT2D eigenvalue weighted by atomic mass is 35.5. The molecule has 0 bridgehead atoms. The van der Waals surface area contributed by atoms with Crippen molar-refractivity contribution in [3.63, 3.8) is 0 Å². The smallest absolute Gasteiger partial charge is 0.294 e. The number of rotatable bonds is 3. The number of Topliss-reactive ketones (excluding diaryl/α,β-unsaturated/α-hetero) is 1. The molecule has 0 saturated carbocycles. The second-order valence-corrected chi connectivity index (χ2v) is 4.33. The fraction of sp³-hybridized carbons (Fsp3) is 0. The number of carbonyl (C=O) groups excluding carboxylic acids is 2. The van der Waals surface area contributed by atoms with Crippen molar-refractivity contribution in [1.29, 1.82) is 0 Å². The van der Waals surface area contributed by atoms with Gasteiger partial charge in [-0.1, -0.05) is 6.07 Å². The molecule has 94 valence electrons. The van der Waals surface area contributed by atoms with Gasteiger partial charge < -0.3 is 8.82 Å². The van der Waals surface area contributed by atoms with Gasteiger partial charge in [-0.2, -0.15) is 0 Å². The molecule has 0 spiro atoms. The number of hydrogen-bond donors (Lipinski definition) is 0. The molecular weight excluding hydrogens is 266 g/mol. The van der Waals surface area contributed by atoms with Gasteiger partial charge in [0.15, 0.2) is 0 Å². The van der Waals surface area contributed by atoms with Crippen LogP contribution in [0.4, 0.5) is 0 Å². The topological polar surface area (TPSA) is 51.7 Å². The third-order valence-electron chi connectivity index (χ3n) is 2.86. The average molecular weight is 274 g/mol. The normalized spacial score (nSPS) is 10.8. The molecule has 0 aromatic carbocycles. The first-order chi connectivity index (χ1) is 9.18. The maximum Gasteiger partial charge on any atom is 0.294 e. The fourth-order valence-electron chi connectivity index (χ4n) is 2.07. The molecule has 0 aliphatic carbocycles. The van der Waals surface area contributed by atoms with Crippen molar-refractivity contribution in [2.75, 3.05) is 0 Å². The molecule has 4 nitrogen and oxygen atoms in total. The molecule has 0 amide bonds. The Morgan fingerprint density at radius 3 is 2.68 bits per heavy atom. The molecule has 3 rings (SSSR count). The first-order valence-electron chi connectivity index (χ1n) is 5.56. The van der Waals surface area contributed by atoms with Crippen LogP contribution >= 0.6 is 11.6 Å². The summed E-state index contributed by atoms with van der Waals surface area (Å²) < 4.78 is 6.93. The summed E-state index contributed by atoms with van der Waals surface area (Å²) in [6.45, 7) is 0. The monoisotopic (exact) mass is 273 g/mol. The number of carbonyl (C=O) groups is 2. The van der Waals surface area contributed by atoms with Crippen LogP contribution in [0.15, 0.2) is 53.3 Å². The minimum atomic E-state index is -1.02. The summed E-state index contributed by atoms with van der Waals surface area (Å²) in [5.74, 6) is -0.232. The second kappa shape index (κ2) is 4.40. The van der Waals surface area contributed by atoms with E-state index in [1.165, 1.54) is 6.26 Å². The third-order valence-corrected chi connectivity index (χ3v) is 3.03. The lowest BCUT2D eigenvalue weighted by molar-refractivity contribution is -0.108. The van der Waals surface area contributed by atoms with Gasteiger partial charge in [-0.25, -0.2) is 0 Å². The summed E-state index contributed by atoms with van der Waals surface area (Å²) in [6, 6.07) is 10.7. The van der Waals surface area contributed by atoms with Crippen molar-refractivity contribution in [1.82, 2.24) is 4.40 Å². The van der Waals surface area contributed by atoms with E-state index in [-0.39, 0.29) is 5.69 Å². The highest BCUT2D eigenvalue weighted by Gasteiger charge is 2.24. The quantitative estimate of drug-likeness (QED) is 0.418. The van der Waals surface area contributed by atoms with Gasteiger partial charge in [-0.15, -0.1) is 0 Å². The SMILES string of the molecule is O=C(Cl)C(=O)c1c(-c2ccco2)cc2ccccn12. The largest absolute Gasteiger partial charge is 0.464 e. The van der Waals surface area contributed by atoms with Gasteiger partial charge >= 0.3 is 0 Å². The van der Waals surface area contributed by atoms with E-state index in [0.29, 0.717) is 11.3 Å². The van der Waals surface area contributed by atoms with E-state index in [0.717, 1.165) is 5.52 Å². The number of fused-ring (bicyclic) bond motifs is 1. The Labute approximate surface area is 113 Å². The van der Waals surface area contributed by atoms with Crippen molar-refractivity contribution in [3.8, 4) is 11.3 Å². The van der Waals surface area contributed by atoms with Crippen molar-refractivity contribution in [2.24, 2.45) is 0 Å². The number of pyridine rings is 1. The molecule has 3 aromatic rings. The van der Waals surface area contributed by atoms with Crippen molar-refractivity contribution < 1.29 is 14.0 Å². The molecule has 0 radical (unpaired) electrons. The Kier molecular flexibility index (Phi) is 2.72. The first-order valence-corrected chi connectivity index (χ1v) is 5.94. The number of ketones is 1. The van der Waals surface area contributed by atoms with E-state index in [2.05, 4.69) is 0 Å². The molecule has 0 aliphatic heterocycles. The number of halogens is 1. The van der Waals surface area contributed by atoms with Crippen molar-refractivity contribution >= 4 is 28.1 Å². The zero-order valence-corrected chi connectivity index (χ0v) is 10.4. The van der Waals surface area contributed by atoms with E-state index in [1.54, 1.807) is 34.9 Å². The zero-order valence-electron chi connectivity index (χ0n) is 9.67. The van der Waals surface area contributed by atoms with Crippen LogP contribution in [-0.2, 0) is 4.79 Å². The predicted molar refractivity (Wildman–Crippen MR) is 70.3 cm³/mol. The molecule has 0 atom stereocenters. The first kappa shape index (κ1) is 11.7. The summed E-state index contributed by atoms with van der Waals surface area (Å²) in [5.41, 5.74) is 1.55. The van der Waals surface area contributed by atoms with E-state index in [9.17, 15) is 9.59 Å². The molecule has 0 fully saturated rings. The van der Waals surface area contributed by atoms with Gasteiger partial charge in [0, 0.05) is 17.3 Å². The van der Waals surface area contributed by atoms with Crippen LogP contribution in [0.5, 0.6) is 0 Å². The summed E-state index contributed by atoms with van der Waals surface area (Å²) in [4.78, 5) is 23.2. The van der Waals surface area contributed by atoms with Crippen LogP contribution in [0.1, 0.15) is 10.5 Å². The Hall–Kier alpha value is -2.33. The Bertz CT molecular complexity index is 771. The molecule has 0 aliphatic rings. The summed E-state index contributed by atoms with van der Waals surface area (Å²) >= 11 is 5.32. The zero-order chi connectivity index (χ0) is 13.4. The van der Waals surface area contributed by atoms with Crippen LogP contribution in [0.3, 0.4) is 0 Å². The van der Waals surface area contributed by atoms with Gasteiger partial charge in [0.25, 0.3) is 11.0 Å². The lowest BCUT2D eigenvalue weighted by Gasteiger charge is -2.01. The molecule has 0 saturated heterocycles. The van der Waals surface area contributed by atoms with Crippen molar-refractivity contribution in [2.45, 2.75) is 0 Å². The Morgan fingerprint density at radius 2 is 2.00 bits per heavy atom. The van der Waals surface area contributed by atoms with Crippen LogP contribution in [0.25, 0.3) is 16.8 Å². The minimum Gasteiger partial charge on any atom is -0.464 e. The Balaban J connectivity index is 2.35. The van der Waals surface area contributed by atoms with Crippen LogP contribution < -0.4 is 0 Å². The fourth-order valence-corrected chi connectivity index (χ4v) is 2.16. The molecule has 5 heteroatoms. The van der Waals surface area contributed by atoms with Gasteiger partial charge in [0.05, 0.1) is 6.26 Å². The molecule has 0 N–H and O–H groups in total. The molecule has 3 aromatic heterocycles. The van der Waals surface area contributed by atoms with E-state index < -0.39 is 11.0 Å². The van der Waals surface area contributed by atoms with Crippen LogP contribution in [-0.4, -0.2) is 15.4 Å². The van der Waals surface area contributed by atoms with Gasteiger partial charge in [-0.3, -0.25) is 9.59 Å². The minimum absolute atomic E-state index is 0.213. The summed E-state index contributed by atoms with van der Waals surface area (Å²) in [6.07, 6.45) is 3.21. The maximum absolute atomic E-state index is 12.0. The standard InChI is InChI=1S/C14H8ClNO3/c15-14(18)13(17)12-10(11-5-3-7-19-11)8-9-4-1-2-6-16(9)12/h1-8H. The van der Waals surface area contributed by atoms with Gasteiger partial charge in [0.1, 0.15) is 11.5 Å². The van der Waals surface area contributed by atoms with E-state index >= 15 is 0 Å². The van der Waals surface area contributed by atoms with Gasteiger partial charge in [-0.05, 0) is 41.9 Å². The maximum atomic E-state index is 12.0. The Morgan fingerprint density at radius 1 is 1.16 bits per heavy atom. The number of nitrogens with zero attached hydrogens (tertiary/aromatic N) is 1. The lowest BCUT2D eigenvalue weighted by atomic mass is 10.1.